The van der Waals surface area contributed by atoms with Gasteiger partial charge in [0.25, 0.3) is 0 Å². The predicted octanol–water partition coefficient (Wildman–Crippen LogP) is 1.25. The predicted molar refractivity (Wildman–Crippen MR) is 57.9 cm³/mol. The van der Waals surface area contributed by atoms with E-state index in [0.717, 1.165) is 12.8 Å². The van der Waals surface area contributed by atoms with Gasteiger partial charge in [-0.15, -0.1) is 0 Å². The molecular formula is C13H16O4. The minimum absolute atomic E-state index is 0.0219. The number of rotatable bonds is 2. The van der Waals surface area contributed by atoms with Crippen LogP contribution in [0.3, 0.4) is 0 Å². The van der Waals surface area contributed by atoms with Crippen LogP contribution in [0, 0.1) is 17.8 Å². The fourth-order valence-electron chi connectivity index (χ4n) is 3.92. The summed E-state index contributed by atoms with van der Waals surface area (Å²) < 4.78 is 16.9. The van der Waals surface area contributed by atoms with Gasteiger partial charge in [0.2, 0.25) is 0 Å². The molecule has 4 fully saturated rings. The van der Waals surface area contributed by atoms with E-state index in [1.165, 1.54) is 0 Å². The van der Waals surface area contributed by atoms with Crippen LogP contribution in [0.2, 0.25) is 0 Å². The maximum absolute atomic E-state index is 11.6. The second-order valence-corrected chi connectivity index (χ2v) is 5.78. The average molecular weight is 236 g/mol. The van der Waals surface area contributed by atoms with Crippen LogP contribution in [0.4, 0.5) is 0 Å². The van der Waals surface area contributed by atoms with Crippen molar-refractivity contribution in [3.63, 3.8) is 0 Å². The Labute approximate surface area is 99.9 Å². The molecule has 7 atom stereocenters. The van der Waals surface area contributed by atoms with Crippen LogP contribution >= 0.6 is 0 Å². The number of carbonyl (C=O) groups is 1. The molecule has 2 heterocycles. The summed E-state index contributed by atoms with van der Waals surface area (Å²) in [6, 6.07) is 0. The zero-order valence-corrected chi connectivity index (χ0v) is 9.80. The van der Waals surface area contributed by atoms with Gasteiger partial charge in [-0.1, -0.05) is 6.58 Å². The third-order valence-electron chi connectivity index (χ3n) is 4.70. The SMILES string of the molecule is C=C(C)C(=O)OC1C2CC3C(C2)C1OC1OC13. The number of ether oxygens (including phenoxy) is 3. The van der Waals surface area contributed by atoms with Crippen molar-refractivity contribution >= 4 is 5.97 Å². The Hall–Kier alpha value is -0.870. The molecule has 0 aromatic carbocycles. The van der Waals surface area contributed by atoms with Crippen LogP contribution in [0.25, 0.3) is 0 Å². The summed E-state index contributed by atoms with van der Waals surface area (Å²) in [5, 5.41) is 0. The first-order chi connectivity index (χ1) is 8.15. The number of hydrogen-bond donors (Lipinski definition) is 0. The maximum atomic E-state index is 11.6. The number of fused-ring (bicyclic) bond motifs is 3. The molecule has 2 saturated carbocycles. The average Bonchev–Trinajstić information content (AvgIpc) is 2.80. The van der Waals surface area contributed by atoms with Crippen molar-refractivity contribution in [2.45, 2.75) is 44.4 Å². The van der Waals surface area contributed by atoms with Crippen LogP contribution < -0.4 is 0 Å². The maximum Gasteiger partial charge on any atom is 0.333 e. The third-order valence-corrected chi connectivity index (χ3v) is 4.70. The molecular weight excluding hydrogens is 220 g/mol. The van der Waals surface area contributed by atoms with Gasteiger partial charge in [-0.05, 0) is 37.5 Å². The lowest BCUT2D eigenvalue weighted by Crippen LogP contribution is -2.47. The van der Waals surface area contributed by atoms with E-state index < -0.39 is 0 Å². The molecule has 2 saturated heterocycles. The number of hydrogen-bond acceptors (Lipinski definition) is 4. The molecule has 7 unspecified atom stereocenters. The fourth-order valence-corrected chi connectivity index (χ4v) is 3.92. The second kappa shape index (κ2) is 3.12. The van der Waals surface area contributed by atoms with Gasteiger partial charge < -0.3 is 14.2 Å². The van der Waals surface area contributed by atoms with E-state index >= 15 is 0 Å². The van der Waals surface area contributed by atoms with Gasteiger partial charge in [0.1, 0.15) is 18.3 Å². The molecule has 0 aromatic rings. The molecule has 4 nitrogen and oxygen atoms in total. The summed E-state index contributed by atoms with van der Waals surface area (Å²) in [4.78, 5) is 11.6. The molecule has 17 heavy (non-hydrogen) atoms. The molecule has 0 aromatic heterocycles. The third kappa shape index (κ3) is 1.28. The van der Waals surface area contributed by atoms with Gasteiger partial charge in [0, 0.05) is 5.57 Å². The first-order valence-electron chi connectivity index (χ1n) is 6.32. The first kappa shape index (κ1) is 10.1. The Bertz CT molecular complexity index is 404. The Balaban J connectivity index is 1.54. The Morgan fingerprint density at radius 2 is 1.88 bits per heavy atom. The molecule has 0 radical (unpaired) electrons. The van der Waals surface area contributed by atoms with Gasteiger partial charge >= 0.3 is 5.97 Å². The van der Waals surface area contributed by atoms with Crippen molar-refractivity contribution in [3.05, 3.63) is 12.2 Å². The molecule has 4 rings (SSSR count). The van der Waals surface area contributed by atoms with Crippen molar-refractivity contribution < 1.29 is 19.0 Å². The molecule has 4 heteroatoms. The Kier molecular flexibility index (Phi) is 1.85. The summed E-state index contributed by atoms with van der Waals surface area (Å²) in [5.74, 6) is 1.35. The highest BCUT2D eigenvalue weighted by molar-refractivity contribution is 5.87. The summed E-state index contributed by atoms with van der Waals surface area (Å²) in [5.41, 5.74) is 0.459. The standard InChI is InChI=1S/C13H16O4/c1-5(2)12(14)15-9-6-3-7-8(4-6)11-13(17-11)16-10(7)9/h6-11,13H,1,3-4H2,2H3. The van der Waals surface area contributed by atoms with Crippen LogP contribution in [-0.4, -0.2) is 30.6 Å². The topological polar surface area (TPSA) is 48.1 Å². The first-order valence-corrected chi connectivity index (χ1v) is 6.32. The number of carbonyl (C=O) groups excluding carboxylic acids is 1. The molecule has 2 aliphatic carbocycles. The van der Waals surface area contributed by atoms with Crippen molar-refractivity contribution in [1.29, 1.82) is 0 Å². The lowest BCUT2D eigenvalue weighted by Gasteiger charge is -2.36. The normalized spacial score (nSPS) is 53.1. The van der Waals surface area contributed by atoms with E-state index in [9.17, 15) is 4.79 Å². The molecule has 0 amide bonds. The molecule has 0 spiro atoms. The molecule has 2 aliphatic heterocycles. The van der Waals surface area contributed by atoms with E-state index in [1.807, 2.05) is 0 Å². The van der Waals surface area contributed by atoms with Gasteiger partial charge in [0.15, 0.2) is 6.29 Å². The summed E-state index contributed by atoms with van der Waals surface area (Å²) >= 11 is 0. The Morgan fingerprint density at radius 1 is 1.24 bits per heavy atom. The molecule has 4 aliphatic rings. The molecule has 0 N–H and O–H groups in total. The highest BCUT2D eigenvalue weighted by Crippen LogP contribution is 2.60. The van der Waals surface area contributed by atoms with E-state index in [0.29, 0.717) is 29.4 Å². The summed E-state index contributed by atoms with van der Waals surface area (Å²) in [7, 11) is 0. The van der Waals surface area contributed by atoms with Gasteiger partial charge in [0.05, 0.1) is 0 Å². The van der Waals surface area contributed by atoms with E-state index in [2.05, 4.69) is 6.58 Å². The molecule has 2 bridgehead atoms. The van der Waals surface area contributed by atoms with Gasteiger partial charge in [-0.2, -0.15) is 0 Å². The van der Waals surface area contributed by atoms with Gasteiger partial charge in [-0.3, -0.25) is 0 Å². The highest BCUT2D eigenvalue weighted by atomic mass is 16.8. The van der Waals surface area contributed by atoms with Crippen LogP contribution in [0.15, 0.2) is 12.2 Å². The lowest BCUT2D eigenvalue weighted by molar-refractivity contribution is -0.168. The zero-order valence-electron chi connectivity index (χ0n) is 9.80. The lowest BCUT2D eigenvalue weighted by atomic mass is 9.81. The monoisotopic (exact) mass is 236 g/mol. The zero-order chi connectivity index (χ0) is 11.7. The van der Waals surface area contributed by atoms with Crippen molar-refractivity contribution in [2.75, 3.05) is 0 Å². The quantitative estimate of drug-likeness (QED) is 0.411. The fraction of sp³-hybridized carbons (Fsp3) is 0.769. The van der Waals surface area contributed by atoms with E-state index in [-0.39, 0.29) is 24.5 Å². The van der Waals surface area contributed by atoms with Crippen LogP contribution in [0.1, 0.15) is 19.8 Å². The smallest absolute Gasteiger partial charge is 0.333 e. The largest absolute Gasteiger partial charge is 0.456 e. The minimum Gasteiger partial charge on any atom is -0.456 e. The van der Waals surface area contributed by atoms with Crippen molar-refractivity contribution in [1.82, 2.24) is 0 Å². The summed E-state index contributed by atoms with van der Waals surface area (Å²) in [6.07, 6.45) is 2.54. The van der Waals surface area contributed by atoms with Crippen LogP contribution in [-0.2, 0) is 19.0 Å². The highest BCUT2D eigenvalue weighted by Gasteiger charge is 2.67. The minimum atomic E-state index is -0.290. The summed E-state index contributed by atoms with van der Waals surface area (Å²) in [6.45, 7) is 5.30. The number of esters is 1. The Morgan fingerprint density at radius 3 is 2.59 bits per heavy atom. The van der Waals surface area contributed by atoms with Crippen molar-refractivity contribution in [3.8, 4) is 0 Å². The van der Waals surface area contributed by atoms with Gasteiger partial charge in [-0.25, -0.2) is 4.79 Å². The second-order valence-electron chi connectivity index (χ2n) is 5.78. The number of epoxide rings is 1. The van der Waals surface area contributed by atoms with E-state index in [4.69, 9.17) is 14.2 Å². The van der Waals surface area contributed by atoms with E-state index in [1.54, 1.807) is 6.92 Å². The van der Waals surface area contributed by atoms with Crippen LogP contribution in [0.5, 0.6) is 0 Å². The molecule has 92 valence electrons. The van der Waals surface area contributed by atoms with Crippen molar-refractivity contribution in [2.24, 2.45) is 17.8 Å².